The number of carbonyl (C=O) groups is 3. The summed E-state index contributed by atoms with van der Waals surface area (Å²) in [5, 5.41) is 19.8. The molecule has 0 radical (unpaired) electrons. The number of amides is 1. The van der Waals surface area contributed by atoms with Gasteiger partial charge in [-0.15, -0.1) is 0 Å². The second-order valence-electron chi connectivity index (χ2n) is 4.15. The van der Waals surface area contributed by atoms with Crippen LogP contribution in [0.4, 0.5) is 0 Å². The normalized spacial score (nSPS) is 11.5. The average molecular weight is 360 g/mol. The van der Waals surface area contributed by atoms with E-state index in [4.69, 9.17) is 14.9 Å². The van der Waals surface area contributed by atoms with Crippen LogP contribution < -0.4 is 10.1 Å². The van der Waals surface area contributed by atoms with E-state index in [2.05, 4.69) is 21.2 Å². The fourth-order valence-electron chi connectivity index (χ4n) is 1.57. The molecule has 1 aromatic rings. The van der Waals surface area contributed by atoms with Crippen molar-refractivity contribution in [3.63, 3.8) is 0 Å². The Balaban J connectivity index is 2.79. The van der Waals surface area contributed by atoms with Crippen molar-refractivity contribution >= 4 is 33.8 Å². The Kier molecular flexibility index (Phi) is 6.16. The molecular formula is C13H14BrNO6. The zero-order valence-electron chi connectivity index (χ0n) is 11.1. The molecule has 1 aromatic carbocycles. The fourth-order valence-corrected chi connectivity index (χ4v) is 2.12. The topological polar surface area (TPSA) is 113 Å². The maximum absolute atomic E-state index is 12.0. The third kappa shape index (κ3) is 5.07. The van der Waals surface area contributed by atoms with Crippen LogP contribution in [0.25, 0.3) is 0 Å². The lowest BCUT2D eigenvalue weighted by Crippen LogP contribution is -2.41. The number of carbonyl (C=O) groups excluding carboxylic acids is 1. The molecule has 0 aliphatic carbocycles. The van der Waals surface area contributed by atoms with E-state index in [1.807, 2.05) is 0 Å². The molecule has 21 heavy (non-hydrogen) atoms. The molecule has 0 unspecified atom stereocenters. The summed E-state index contributed by atoms with van der Waals surface area (Å²) in [4.78, 5) is 33.5. The third-order valence-electron chi connectivity index (χ3n) is 2.66. The highest BCUT2D eigenvalue weighted by Crippen LogP contribution is 2.25. The summed E-state index contributed by atoms with van der Waals surface area (Å²) in [6.07, 6.45) is -0.530. The number of rotatable bonds is 7. The number of carboxylic acid groups (broad SMARTS) is 2. The van der Waals surface area contributed by atoms with Gasteiger partial charge < -0.3 is 20.3 Å². The first-order valence-corrected chi connectivity index (χ1v) is 6.73. The monoisotopic (exact) mass is 359 g/mol. The number of aliphatic carboxylic acids is 2. The van der Waals surface area contributed by atoms with E-state index in [0.29, 0.717) is 10.2 Å². The van der Waals surface area contributed by atoms with Gasteiger partial charge in [0.2, 0.25) is 0 Å². The summed E-state index contributed by atoms with van der Waals surface area (Å²) >= 11 is 3.22. The third-order valence-corrected chi connectivity index (χ3v) is 3.28. The quantitative estimate of drug-likeness (QED) is 0.679. The molecular weight excluding hydrogens is 346 g/mol. The van der Waals surface area contributed by atoms with E-state index in [1.54, 1.807) is 6.07 Å². The average Bonchev–Trinajstić information content (AvgIpc) is 2.42. The van der Waals surface area contributed by atoms with Gasteiger partial charge in [0.15, 0.2) is 0 Å². The van der Waals surface area contributed by atoms with Crippen molar-refractivity contribution in [3.8, 4) is 5.75 Å². The van der Waals surface area contributed by atoms with Gasteiger partial charge in [0.1, 0.15) is 11.8 Å². The molecule has 0 saturated heterocycles. The smallest absolute Gasteiger partial charge is 0.326 e. The number of ether oxygens (including phenoxy) is 1. The first-order chi connectivity index (χ1) is 9.85. The van der Waals surface area contributed by atoms with Gasteiger partial charge in [-0.25, -0.2) is 4.79 Å². The Morgan fingerprint density at radius 3 is 2.48 bits per heavy atom. The van der Waals surface area contributed by atoms with Crippen LogP contribution in [0.5, 0.6) is 5.75 Å². The Bertz CT molecular complexity index is 560. The number of nitrogens with one attached hydrogen (secondary N) is 1. The van der Waals surface area contributed by atoms with Crippen molar-refractivity contribution in [2.45, 2.75) is 18.9 Å². The molecule has 1 atom stereocenters. The molecule has 1 rings (SSSR count). The molecule has 0 aliphatic rings. The van der Waals surface area contributed by atoms with Crippen LogP contribution in [0.2, 0.25) is 0 Å². The zero-order chi connectivity index (χ0) is 16.0. The summed E-state index contributed by atoms with van der Waals surface area (Å²) in [5.74, 6) is -2.47. The summed E-state index contributed by atoms with van der Waals surface area (Å²) in [6, 6.07) is 3.28. The van der Waals surface area contributed by atoms with Crippen molar-refractivity contribution in [2.24, 2.45) is 0 Å². The van der Waals surface area contributed by atoms with Crippen LogP contribution in [0.3, 0.4) is 0 Å². The van der Waals surface area contributed by atoms with E-state index < -0.39 is 23.9 Å². The number of halogens is 1. The van der Waals surface area contributed by atoms with E-state index >= 15 is 0 Å². The van der Waals surface area contributed by atoms with Crippen LogP contribution in [0, 0.1) is 0 Å². The minimum atomic E-state index is -1.28. The lowest BCUT2D eigenvalue weighted by atomic mass is 10.1. The second-order valence-corrected chi connectivity index (χ2v) is 5.00. The highest BCUT2D eigenvalue weighted by Gasteiger charge is 2.21. The SMILES string of the molecule is COc1ccc(C(=O)N[C@@H](CCC(=O)O)C(=O)O)cc1Br. The molecule has 0 bridgehead atoms. The van der Waals surface area contributed by atoms with Gasteiger partial charge >= 0.3 is 11.9 Å². The predicted octanol–water partition coefficient (Wildman–Crippen LogP) is 1.51. The zero-order valence-corrected chi connectivity index (χ0v) is 12.7. The van der Waals surface area contributed by atoms with Crippen LogP contribution >= 0.6 is 15.9 Å². The fraction of sp³-hybridized carbons (Fsp3) is 0.308. The van der Waals surface area contributed by atoms with Crippen molar-refractivity contribution in [1.29, 1.82) is 0 Å². The molecule has 0 aliphatic heterocycles. The molecule has 7 nitrogen and oxygen atoms in total. The van der Waals surface area contributed by atoms with Crippen LogP contribution in [-0.2, 0) is 9.59 Å². The summed E-state index contributed by atoms with van der Waals surface area (Å²) in [7, 11) is 1.48. The first-order valence-electron chi connectivity index (χ1n) is 5.94. The number of hydrogen-bond donors (Lipinski definition) is 3. The Labute approximate surface area is 129 Å². The molecule has 0 aromatic heterocycles. The Hall–Kier alpha value is -2.09. The van der Waals surface area contributed by atoms with Gasteiger partial charge in [-0.3, -0.25) is 9.59 Å². The summed E-state index contributed by atoms with van der Waals surface area (Å²) in [5.41, 5.74) is 0.240. The Morgan fingerprint density at radius 2 is 2.00 bits per heavy atom. The highest BCUT2D eigenvalue weighted by molar-refractivity contribution is 9.10. The van der Waals surface area contributed by atoms with Crippen LogP contribution in [0.1, 0.15) is 23.2 Å². The molecule has 114 valence electrons. The Morgan fingerprint density at radius 1 is 1.33 bits per heavy atom. The second kappa shape index (κ2) is 7.63. The van der Waals surface area contributed by atoms with Crippen molar-refractivity contribution < 1.29 is 29.3 Å². The standard InChI is InChI=1S/C13H14BrNO6/c1-21-10-4-2-7(6-8(10)14)12(18)15-9(13(19)20)3-5-11(16)17/h2,4,6,9H,3,5H2,1H3,(H,15,18)(H,16,17)(H,19,20)/t9-/m0/s1. The lowest BCUT2D eigenvalue weighted by Gasteiger charge is -2.14. The van der Waals surface area contributed by atoms with E-state index in [1.165, 1.54) is 19.2 Å². The maximum atomic E-state index is 12.0. The molecule has 0 spiro atoms. The van der Waals surface area contributed by atoms with Gasteiger partial charge in [0, 0.05) is 12.0 Å². The molecule has 0 heterocycles. The number of carboxylic acids is 2. The van der Waals surface area contributed by atoms with Crippen molar-refractivity contribution in [2.75, 3.05) is 7.11 Å². The molecule has 0 saturated carbocycles. The number of methoxy groups -OCH3 is 1. The van der Waals surface area contributed by atoms with E-state index in [0.717, 1.165) is 0 Å². The van der Waals surface area contributed by atoms with Crippen LogP contribution in [0.15, 0.2) is 22.7 Å². The van der Waals surface area contributed by atoms with E-state index in [9.17, 15) is 14.4 Å². The molecule has 3 N–H and O–H groups in total. The van der Waals surface area contributed by atoms with Crippen LogP contribution in [-0.4, -0.2) is 41.2 Å². The first kappa shape index (κ1) is 17.0. The van der Waals surface area contributed by atoms with Gasteiger partial charge in [0.05, 0.1) is 11.6 Å². The van der Waals surface area contributed by atoms with Crippen molar-refractivity contribution in [1.82, 2.24) is 5.32 Å². The molecule has 1 amide bonds. The minimum absolute atomic E-state index is 0.187. The van der Waals surface area contributed by atoms with Gasteiger partial charge in [-0.1, -0.05) is 0 Å². The summed E-state index contributed by atoms with van der Waals surface area (Å²) < 4.78 is 5.58. The number of hydrogen-bond acceptors (Lipinski definition) is 4. The van der Waals surface area contributed by atoms with Gasteiger partial charge in [0.25, 0.3) is 5.91 Å². The number of benzene rings is 1. The largest absolute Gasteiger partial charge is 0.496 e. The maximum Gasteiger partial charge on any atom is 0.326 e. The van der Waals surface area contributed by atoms with Gasteiger partial charge in [-0.2, -0.15) is 0 Å². The lowest BCUT2D eigenvalue weighted by molar-refractivity contribution is -0.140. The van der Waals surface area contributed by atoms with E-state index in [-0.39, 0.29) is 18.4 Å². The van der Waals surface area contributed by atoms with Crippen molar-refractivity contribution in [3.05, 3.63) is 28.2 Å². The highest BCUT2D eigenvalue weighted by atomic mass is 79.9. The van der Waals surface area contributed by atoms with Gasteiger partial charge in [-0.05, 0) is 40.5 Å². The minimum Gasteiger partial charge on any atom is -0.496 e. The molecule has 8 heteroatoms. The summed E-state index contributed by atoms with van der Waals surface area (Å²) in [6.45, 7) is 0. The predicted molar refractivity (Wildman–Crippen MR) is 76.5 cm³/mol. The molecule has 0 fully saturated rings.